The SMILES string of the molecule is SCCSc1ccc2c(c1)OCCCO2. The fourth-order valence-electron chi connectivity index (χ4n) is 1.40. The van der Waals surface area contributed by atoms with E-state index in [1.54, 1.807) is 11.8 Å². The second kappa shape index (κ2) is 5.56. The number of fused-ring (bicyclic) bond motifs is 1. The first kappa shape index (κ1) is 11.0. The molecule has 0 aliphatic carbocycles. The van der Waals surface area contributed by atoms with E-state index in [4.69, 9.17) is 9.47 Å². The van der Waals surface area contributed by atoms with Crippen molar-refractivity contribution in [3.8, 4) is 11.5 Å². The molecule has 0 saturated carbocycles. The van der Waals surface area contributed by atoms with Crippen molar-refractivity contribution in [2.24, 2.45) is 0 Å². The number of hydrogen-bond acceptors (Lipinski definition) is 4. The molecule has 1 aliphatic rings. The maximum atomic E-state index is 5.61. The first-order valence-corrected chi connectivity index (χ1v) is 6.65. The highest BCUT2D eigenvalue weighted by Gasteiger charge is 2.10. The van der Waals surface area contributed by atoms with Gasteiger partial charge in [-0.3, -0.25) is 0 Å². The number of hydrogen-bond donors (Lipinski definition) is 1. The van der Waals surface area contributed by atoms with Crippen LogP contribution in [0.15, 0.2) is 23.1 Å². The monoisotopic (exact) mass is 242 g/mol. The topological polar surface area (TPSA) is 18.5 Å². The van der Waals surface area contributed by atoms with Gasteiger partial charge in [0.1, 0.15) is 0 Å². The van der Waals surface area contributed by atoms with Gasteiger partial charge in [0.2, 0.25) is 0 Å². The van der Waals surface area contributed by atoms with Crippen LogP contribution in [0.3, 0.4) is 0 Å². The van der Waals surface area contributed by atoms with Crippen molar-refractivity contribution in [1.29, 1.82) is 0 Å². The zero-order valence-corrected chi connectivity index (χ0v) is 10.2. The van der Waals surface area contributed by atoms with Crippen molar-refractivity contribution >= 4 is 24.4 Å². The molecular formula is C11H14O2S2. The van der Waals surface area contributed by atoms with Gasteiger partial charge in [-0.15, -0.1) is 11.8 Å². The molecule has 15 heavy (non-hydrogen) atoms. The van der Waals surface area contributed by atoms with Crippen molar-refractivity contribution in [2.45, 2.75) is 11.3 Å². The third-order valence-electron chi connectivity index (χ3n) is 2.08. The summed E-state index contributed by atoms with van der Waals surface area (Å²) in [4.78, 5) is 1.22. The van der Waals surface area contributed by atoms with E-state index in [2.05, 4.69) is 24.8 Å². The van der Waals surface area contributed by atoms with Crippen LogP contribution in [0.5, 0.6) is 11.5 Å². The van der Waals surface area contributed by atoms with Gasteiger partial charge in [-0.25, -0.2) is 0 Å². The lowest BCUT2D eigenvalue weighted by Gasteiger charge is -2.08. The fraction of sp³-hybridized carbons (Fsp3) is 0.455. The summed E-state index contributed by atoms with van der Waals surface area (Å²) in [6.07, 6.45) is 0.952. The lowest BCUT2D eigenvalue weighted by Crippen LogP contribution is -1.97. The second-order valence-corrected chi connectivity index (χ2v) is 4.85. The van der Waals surface area contributed by atoms with Crippen LogP contribution in [0.1, 0.15) is 6.42 Å². The molecule has 0 N–H and O–H groups in total. The van der Waals surface area contributed by atoms with Crippen LogP contribution in [-0.4, -0.2) is 24.7 Å². The van der Waals surface area contributed by atoms with Crippen LogP contribution in [0.4, 0.5) is 0 Å². The lowest BCUT2D eigenvalue weighted by molar-refractivity contribution is 0.297. The minimum absolute atomic E-state index is 0.744. The highest BCUT2D eigenvalue weighted by atomic mass is 32.2. The summed E-state index contributed by atoms with van der Waals surface area (Å²) >= 11 is 5.98. The molecule has 2 nitrogen and oxygen atoms in total. The third kappa shape index (κ3) is 2.98. The van der Waals surface area contributed by atoms with Crippen LogP contribution in [0, 0.1) is 0 Å². The van der Waals surface area contributed by atoms with Gasteiger partial charge < -0.3 is 9.47 Å². The number of benzene rings is 1. The minimum Gasteiger partial charge on any atom is -0.490 e. The average Bonchev–Trinajstić information content (AvgIpc) is 2.50. The summed E-state index contributed by atoms with van der Waals surface area (Å²) in [6, 6.07) is 6.11. The van der Waals surface area contributed by atoms with Crippen LogP contribution >= 0.6 is 24.4 Å². The summed E-state index contributed by atoms with van der Waals surface area (Å²) < 4.78 is 11.2. The van der Waals surface area contributed by atoms with Gasteiger partial charge in [-0.2, -0.15) is 12.6 Å². The van der Waals surface area contributed by atoms with Crippen LogP contribution in [-0.2, 0) is 0 Å². The number of thiol groups is 1. The standard InChI is InChI=1S/C11H14O2S2/c14-6-7-15-9-2-3-10-11(8-9)13-5-1-4-12-10/h2-3,8,14H,1,4-7H2. The molecule has 4 heteroatoms. The highest BCUT2D eigenvalue weighted by molar-refractivity contribution is 8.00. The Bertz CT molecular complexity index is 328. The van der Waals surface area contributed by atoms with Crippen molar-refractivity contribution in [3.05, 3.63) is 18.2 Å². The predicted octanol–water partition coefficient (Wildman–Crippen LogP) is 2.87. The Morgan fingerprint density at radius 3 is 2.80 bits per heavy atom. The van der Waals surface area contributed by atoms with Gasteiger partial charge in [0.05, 0.1) is 13.2 Å². The molecule has 1 heterocycles. The Morgan fingerprint density at radius 2 is 2.00 bits per heavy atom. The summed E-state index contributed by atoms with van der Waals surface area (Å²) in [6.45, 7) is 1.49. The van der Waals surface area contributed by atoms with E-state index in [9.17, 15) is 0 Å². The van der Waals surface area contributed by atoms with Crippen molar-refractivity contribution in [3.63, 3.8) is 0 Å². The van der Waals surface area contributed by atoms with E-state index in [0.717, 1.165) is 42.6 Å². The van der Waals surface area contributed by atoms with Crippen LogP contribution in [0.2, 0.25) is 0 Å². The van der Waals surface area contributed by atoms with Gasteiger partial charge in [0.15, 0.2) is 11.5 Å². The molecule has 1 aromatic carbocycles. The molecular weight excluding hydrogens is 228 g/mol. The van der Waals surface area contributed by atoms with Gasteiger partial charge in [0.25, 0.3) is 0 Å². The molecule has 0 amide bonds. The molecule has 0 saturated heterocycles. The molecule has 0 aromatic heterocycles. The molecule has 0 unspecified atom stereocenters. The van der Waals surface area contributed by atoms with Crippen LogP contribution in [0.25, 0.3) is 0 Å². The molecule has 0 atom stereocenters. The van der Waals surface area contributed by atoms with E-state index >= 15 is 0 Å². The summed E-state index contributed by atoms with van der Waals surface area (Å²) in [5, 5.41) is 0. The van der Waals surface area contributed by atoms with Crippen molar-refractivity contribution < 1.29 is 9.47 Å². The smallest absolute Gasteiger partial charge is 0.162 e. The summed E-state index contributed by atoms with van der Waals surface area (Å²) in [7, 11) is 0. The molecule has 1 aromatic rings. The number of ether oxygens (including phenoxy) is 2. The maximum Gasteiger partial charge on any atom is 0.162 e. The Balaban J connectivity index is 2.13. The molecule has 2 rings (SSSR count). The summed E-state index contributed by atoms with van der Waals surface area (Å²) in [5.41, 5.74) is 0. The fourth-order valence-corrected chi connectivity index (χ4v) is 2.35. The van der Waals surface area contributed by atoms with Crippen LogP contribution < -0.4 is 9.47 Å². The van der Waals surface area contributed by atoms with Gasteiger partial charge in [-0.1, -0.05) is 0 Å². The first-order valence-electron chi connectivity index (χ1n) is 5.03. The van der Waals surface area contributed by atoms with Crippen molar-refractivity contribution in [2.75, 3.05) is 24.7 Å². The average molecular weight is 242 g/mol. The Kier molecular flexibility index (Phi) is 4.09. The quantitative estimate of drug-likeness (QED) is 0.649. The third-order valence-corrected chi connectivity index (χ3v) is 3.60. The highest BCUT2D eigenvalue weighted by Crippen LogP contribution is 2.33. The lowest BCUT2D eigenvalue weighted by atomic mass is 10.3. The van der Waals surface area contributed by atoms with E-state index < -0.39 is 0 Å². The first-order chi connectivity index (χ1) is 7.40. The Labute approximate surface area is 99.8 Å². The minimum atomic E-state index is 0.744. The number of rotatable bonds is 3. The van der Waals surface area contributed by atoms with Gasteiger partial charge >= 0.3 is 0 Å². The zero-order valence-electron chi connectivity index (χ0n) is 8.44. The summed E-state index contributed by atoms with van der Waals surface area (Å²) in [5.74, 6) is 3.64. The molecule has 0 fully saturated rings. The zero-order chi connectivity index (χ0) is 10.5. The molecule has 0 spiro atoms. The Hall–Kier alpha value is -0.480. The van der Waals surface area contributed by atoms with Gasteiger partial charge in [0, 0.05) is 17.1 Å². The van der Waals surface area contributed by atoms with E-state index in [1.807, 2.05) is 6.07 Å². The largest absolute Gasteiger partial charge is 0.490 e. The molecule has 0 bridgehead atoms. The number of thioether (sulfide) groups is 1. The normalized spacial score (nSPS) is 14.7. The van der Waals surface area contributed by atoms with E-state index in [0.29, 0.717) is 0 Å². The molecule has 0 radical (unpaired) electrons. The second-order valence-electron chi connectivity index (χ2n) is 3.23. The molecule has 1 aliphatic heterocycles. The van der Waals surface area contributed by atoms with E-state index in [-0.39, 0.29) is 0 Å². The van der Waals surface area contributed by atoms with E-state index in [1.165, 1.54) is 4.90 Å². The van der Waals surface area contributed by atoms with Gasteiger partial charge in [-0.05, 0) is 24.0 Å². The molecule has 82 valence electrons. The predicted molar refractivity (Wildman–Crippen MR) is 66.6 cm³/mol. The van der Waals surface area contributed by atoms with Crippen molar-refractivity contribution in [1.82, 2.24) is 0 Å². The Morgan fingerprint density at radius 1 is 1.20 bits per heavy atom. The maximum absolute atomic E-state index is 5.61.